The Morgan fingerprint density at radius 3 is 2.79 bits per heavy atom. The van der Waals surface area contributed by atoms with Crippen molar-refractivity contribution in [2.45, 2.75) is 58.2 Å². The molecular formula is C21H33IN6O. The summed E-state index contributed by atoms with van der Waals surface area (Å²) < 4.78 is 7.13. The lowest BCUT2D eigenvalue weighted by molar-refractivity contribution is 0.177. The van der Waals surface area contributed by atoms with Gasteiger partial charge in [0.05, 0.1) is 6.54 Å². The van der Waals surface area contributed by atoms with E-state index in [0.717, 1.165) is 43.5 Å². The summed E-state index contributed by atoms with van der Waals surface area (Å²) in [5, 5.41) is 11.6. The lowest BCUT2D eigenvalue weighted by atomic mass is 9.82. The molecule has 1 aliphatic heterocycles. The van der Waals surface area contributed by atoms with Gasteiger partial charge in [0.1, 0.15) is 12.4 Å². The Labute approximate surface area is 190 Å². The van der Waals surface area contributed by atoms with Gasteiger partial charge in [-0.25, -0.2) is 9.67 Å². The predicted octanol–water partition coefficient (Wildman–Crippen LogP) is 2.81. The summed E-state index contributed by atoms with van der Waals surface area (Å²) in [6, 6.07) is 8.84. The van der Waals surface area contributed by atoms with Crippen molar-refractivity contribution in [3.63, 3.8) is 0 Å². The fourth-order valence-corrected chi connectivity index (χ4v) is 3.79. The van der Waals surface area contributed by atoms with Crippen LogP contribution in [-0.2, 0) is 29.7 Å². The van der Waals surface area contributed by atoms with Gasteiger partial charge in [-0.2, -0.15) is 5.10 Å². The summed E-state index contributed by atoms with van der Waals surface area (Å²) in [5.74, 6) is 2.61. The van der Waals surface area contributed by atoms with E-state index < -0.39 is 0 Å². The second-order valence-electron chi connectivity index (χ2n) is 8.06. The molecule has 160 valence electrons. The SMILES string of the molecule is CN=C(NCC(C)(C)c1ccccc1C)NC1CCc2nc(COC)nn2C1.I. The molecule has 7 nitrogen and oxygen atoms in total. The minimum Gasteiger partial charge on any atom is -0.377 e. The average Bonchev–Trinajstić information content (AvgIpc) is 3.07. The number of benzene rings is 1. The summed E-state index contributed by atoms with van der Waals surface area (Å²) in [7, 11) is 3.48. The highest BCUT2D eigenvalue weighted by molar-refractivity contribution is 14.0. The number of rotatable bonds is 6. The van der Waals surface area contributed by atoms with Crippen molar-refractivity contribution >= 4 is 29.9 Å². The maximum absolute atomic E-state index is 5.14. The monoisotopic (exact) mass is 512 g/mol. The minimum absolute atomic E-state index is 0. The van der Waals surface area contributed by atoms with Crippen LogP contribution >= 0.6 is 24.0 Å². The molecule has 0 aliphatic carbocycles. The van der Waals surface area contributed by atoms with Crippen LogP contribution in [0.3, 0.4) is 0 Å². The highest BCUT2D eigenvalue weighted by Crippen LogP contribution is 2.25. The van der Waals surface area contributed by atoms with Crippen LogP contribution in [0.25, 0.3) is 0 Å². The molecule has 0 radical (unpaired) electrons. The summed E-state index contributed by atoms with van der Waals surface area (Å²) in [6.45, 7) is 8.73. The molecule has 0 bridgehead atoms. The molecule has 29 heavy (non-hydrogen) atoms. The van der Waals surface area contributed by atoms with Gasteiger partial charge in [0.15, 0.2) is 11.8 Å². The van der Waals surface area contributed by atoms with E-state index in [2.05, 4.69) is 70.7 Å². The van der Waals surface area contributed by atoms with Crippen molar-refractivity contribution in [2.75, 3.05) is 20.7 Å². The quantitative estimate of drug-likeness (QED) is 0.354. The van der Waals surface area contributed by atoms with Crippen molar-refractivity contribution < 1.29 is 4.74 Å². The standard InChI is InChI=1S/C21H32N6O.HI/c1-15-8-6-7-9-17(15)21(2,3)14-23-20(22-4)24-16-10-11-19-25-18(13-28-5)26-27(19)12-16;/h6-9,16H,10-14H2,1-5H3,(H2,22,23,24);1H. The Balaban J connectivity index is 0.00000300. The molecule has 0 spiro atoms. The maximum Gasteiger partial charge on any atom is 0.191 e. The Morgan fingerprint density at radius 1 is 1.34 bits per heavy atom. The molecule has 2 aromatic rings. The van der Waals surface area contributed by atoms with Crippen LogP contribution in [0.2, 0.25) is 0 Å². The minimum atomic E-state index is 0. The van der Waals surface area contributed by atoms with E-state index in [1.54, 1.807) is 7.11 Å². The first-order valence-electron chi connectivity index (χ1n) is 9.88. The molecule has 0 fully saturated rings. The van der Waals surface area contributed by atoms with Crippen LogP contribution in [0.15, 0.2) is 29.3 Å². The zero-order chi connectivity index (χ0) is 20.1. The molecule has 3 rings (SSSR count). The van der Waals surface area contributed by atoms with E-state index in [-0.39, 0.29) is 35.4 Å². The lowest BCUT2D eigenvalue weighted by Gasteiger charge is -2.30. The van der Waals surface area contributed by atoms with E-state index in [9.17, 15) is 0 Å². The number of fused-ring (bicyclic) bond motifs is 1. The molecule has 1 aliphatic rings. The molecule has 2 N–H and O–H groups in total. The molecule has 8 heteroatoms. The summed E-state index contributed by atoms with van der Waals surface area (Å²) in [4.78, 5) is 8.96. The largest absolute Gasteiger partial charge is 0.377 e. The number of guanidine groups is 1. The molecular weight excluding hydrogens is 479 g/mol. The molecule has 1 aromatic heterocycles. The second-order valence-corrected chi connectivity index (χ2v) is 8.06. The normalized spacial score (nSPS) is 16.7. The molecule has 1 unspecified atom stereocenters. The Hall–Kier alpha value is -1.68. The van der Waals surface area contributed by atoms with Gasteiger partial charge < -0.3 is 15.4 Å². The van der Waals surface area contributed by atoms with Crippen molar-refractivity contribution in [3.05, 3.63) is 47.0 Å². The Morgan fingerprint density at radius 2 is 2.10 bits per heavy atom. The molecule has 1 atom stereocenters. The van der Waals surface area contributed by atoms with E-state index in [0.29, 0.717) is 6.61 Å². The maximum atomic E-state index is 5.14. The van der Waals surface area contributed by atoms with Gasteiger partial charge in [-0.3, -0.25) is 4.99 Å². The van der Waals surface area contributed by atoms with Gasteiger partial charge in [-0.05, 0) is 24.5 Å². The van der Waals surface area contributed by atoms with E-state index in [4.69, 9.17) is 4.74 Å². The number of hydrogen-bond acceptors (Lipinski definition) is 4. The van der Waals surface area contributed by atoms with Gasteiger partial charge >= 0.3 is 0 Å². The predicted molar refractivity (Wildman–Crippen MR) is 127 cm³/mol. The van der Waals surface area contributed by atoms with Crippen LogP contribution in [0, 0.1) is 6.92 Å². The van der Waals surface area contributed by atoms with Crippen molar-refractivity contribution in [1.82, 2.24) is 25.4 Å². The number of hydrogen-bond donors (Lipinski definition) is 2. The summed E-state index contributed by atoms with van der Waals surface area (Å²) >= 11 is 0. The zero-order valence-corrected chi connectivity index (χ0v) is 20.4. The first kappa shape index (κ1) is 23.6. The van der Waals surface area contributed by atoms with Gasteiger partial charge in [-0.1, -0.05) is 38.1 Å². The number of halogens is 1. The smallest absolute Gasteiger partial charge is 0.191 e. The summed E-state index contributed by atoms with van der Waals surface area (Å²) in [5.41, 5.74) is 2.67. The van der Waals surface area contributed by atoms with Crippen LogP contribution in [0.4, 0.5) is 0 Å². The third-order valence-electron chi connectivity index (χ3n) is 5.31. The highest BCUT2D eigenvalue weighted by Gasteiger charge is 2.25. The first-order chi connectivity index (χ1) is 13.4. The number of nitrogens with one attached hydrogen (secondary N) is 2. The summed E-state index contributed by atoms with van der Waals surface area (Å²) in [6.07, 6.45) is 1.91. The zero-order valence-electron chi connectivity index (χ0n) is 18.0. The van der Waals surface area contributed by atoms with Crippen molar-refractivity contribution in [2.24, 2.45) is 4.99 Å². The third-order valence-corrected chi connectivity index (χ3v) is 5.31. The van der Waals surface area contributed by atoms with E-state index >= 15 is 0 Å². The molecule has 1 aromatic carbocycles. The van der Waals surface area contributed by atoms with Crippen LogP contribution in [0.5, 0.6) is 0 Å². The molecule has 2 heterocycles. The number of aliphatic imine (C=N–C) groups is 1. The number of aromatic nitrogens is 3. The number of ether oxygens (including phenoxy) is 1. The van der Waals surface area contributed by atoms with Crippen LogP contribution in [0.1, 0.15) is 43.0 Å². The van der Waals surface area contributed by atoms with Crippen LogP contribution in [-0.4, -0.2) is 47.5 Å². The van der Waals surface area contributed by atoms with E-state index in [1.807, 2.05) is 11.7 Å². The van der Waals surface area contributed by atoms with Crippen molar-refractivity contribution in [3.8, 4) is 0 Å². The third kappa shape index (κ3) is 5.91. The Kier molecular flexibility index (Phi) is 8.45. The van der Waals surface area contributed by atoms with Gasteiger partial charge in [-0.15, -0.1) is 24.0 Å². The number of nitrogens with zero attached hydrogens (tertiary/aromatic N) is 4. The molecule has 0 saturated carbocycles. The number of aryl methyl sites for hydroxylation is 2. The number of methoxy groups -OCH3 is 1. The van der Waals surface area contributed by atoms with Crippen molar-refractivity contribution in [1.29, 1.82) is 0 Å². The van der Waals surface area contributed by atoms with Gasteiger partial charge in [0.2, 0.25) is 0 Å². The fourth-order valence-electron chi connectivity index (χ4n) is 3.79. The second kappa shape index (κ2) is 10.4. The first-order valence-corrected chi connectivity index (χ1v) is 9.88. The van der Waals surface area contributed by atoms with E-state index in [1.165, 1.54) is 11.1 Å². The fraction of sp³-hybridized carbons (Fsp3) is 0.571. The molecule has 0 amide bonds. The van der Waals surface area contributed by atoms with Gasteiger partial charge in [0, 0.05) is 38.6 Å². The Bertz CT molecular complexity index is 832. The van der Waals surface area contributed by atoms with Crippen LogP contribution < -0.4 is 10.6 Å². The van der Waals surface area contributed by atoms with Gasteiger partial charge in [0.25, 0.3) is 0 Å². The molecule has 0 saturated heterocycles. The topological polar surface area (TPSA) is 76.4 Å². The lowest BCUT2D eigenvalue weighted by Crippen LogP contribution is -2.49. The average molecular weight is 512 g/mol. The highest BCUT2D eigenvalue weighted by atomic mass is 127.